The van der Waals surface area contributed by atoms with E-state index in [1.165, 1.54) is 0 Å². The fourth-order valence-electron chi connectivity index (χ4n) is 0.798. The van der Waals surface area contributed by atoms with Crippen molar-refractivity contribution in [1.82, 2.24) is 15.4 Å². The van der Waals surface area contributed by atoms with Gasteiger partial charge in [0.05, 0.1) is 11.9 Å². The van der Waals surface area contributed by atoms with Crippen molar-refractivity contribution in [3.8, 4) is 0 Å². The Morgan fingerprint density at radius 3 is 3.17 bits per heavy atom. The fraction of sp³-hybridized carbons (Fsp3) is 0.500. The Morgan fingerprint density at radius 2 is 2.58 bits per heavy atom. The van der Waals surface area contributed by atoms with Crippen LogP contribution in [0, 0.1) is 0 Å². The van der Waals surface area contributed by atoms with Crippen LogP contribution < -0.4 is 0 Å². The number of carbonyl (C=O) groups is 1. The van der Waals surface area contributed by atoms with Crippen molar-refractivity contribution in [2.24, 2.45) is 0 Å². The molecule has 0 saturated carbocycles. The van der Waals surface area contributed by atoms with Crippen molar-refractivity contribution in [2.75, 3.05) is 0 Å². The topological polar surface area (TPSA) is 67.9 Å². The number of nitrogens with zero attached hydrogens (tertiary/aromatic N) is 2. The summed E-state index contributed by atoms with van der Waals surface area (Å²) in [6.07, 6.45) is 3.28. The average molecular weight is 190 g/mol. The standard InChI is InChI=1S/C6H8ClN3O2/c7-12-6(11)3-1-2-5-4-8-10-9-5/h4H,1-3H2,(H,8,9,10). The highest BCUT2D eigenvalue weighted by atomic mass is 35.5. The van der Waals surface area contributed by atoms with Gasteiger partial charge in [0, 0.05) is 6.42 Å². The molecule has 0 aliphatic heterocycles. The molecular formula is C6H8ClN3O2. The summed E-state index contributed by atoms with van der Waals surface area (Å²) in [4.78, 5) is 10.5. The fourth-order valence-corrected chi connectivity index (χ4v) is 0.875. The zero-order valence-corrected chi connectivity index (χ0v) is 7.04. The first-order valence-electron chi connectivity index (χ1n) is 3.49. The lowest BCUT2D eigenvalue weighted by Crippen LogP contribution is -1.97. The Balaban J connectivity index is 2.15. The second-order valence-corrected chi connectivity index (χ2v) is 2.42. The summed E-state index contributed by atoms with van der Waals surface area (Å²) in [7, 11) is 0. The summed E-state index contributed by atoms with van der Waals surface area (Å²) in [5.41, 5.74) is 0.831. The number of nitrogens with one attached hydrogen (secondary N) is 1. The van der Waals surface area contributed by atoms with Crippen molar-refractivity contribution >= 4 is 17.8 Å². The number of carbonyl (C=O) groups excluding carboxylic acids is 1. The van der Waals surface area contributed by atoms with Gasteiger partial charge in [-0.1, -0.05) is 0 Å². The molecule has 6 heteroatoms. The van der Waals surface area contributed by atoms with Crippen molar-refractivity contribution in [2.45, 2.75) is 19.3 Å². The second-order valence-electron chi connectivity index (χ2n) is 2.26. The molecule has 66 valence electrons. The number of aryl methyl sites for hydroxylation is 1. The van der Waals surface area contributed by atoms with E-state index in [0.717, 1.165) is 5.69 Å². The third kappa shape index (κ3) is 2.87. The molecule has 12 heavy (non-hydrogen) atoms. The van der Waals surface area contributed by atoms with Crippen LogP contribution in [-0.2, 0) is 15.5 Å². The van der Waals surface area contributed by atoms with E-state index in [-0.39, 0.29) is 0 Å². The highest BCUT2D eigenvalue weighted by Gasteiger charge is 2.02. The molecule has 0 aliphatic carbocycles. The molecule has 0 bridgehead atoms. The van der Waals surface area contributed by atoms with Crippen molar-refractivity contribution in [1.29, 1.82) is 0 Å². The summed E-state index contributed by atoms with van der Waals surface area (Å²) in [6.45, 7) is 0. The van der Waals surface area contributed by atoms with Gasteiger partial charge >= 0.3 is 5.97 Å². The van der Waals surface area contributed by atoms with Gasteiger partial charge in [-0.15, -0.1) is 0 Å². The van der Waals surface area contributed by atoms with Gasteiger partial charge in [-0.3, -0.25) is 4.79 Å². The smallest absolute Gasteiger partial charge is 0.324 e. The summed E-state index contributed by atoms with van der Waals surface area (Å²) in [6, 6.07) is 0. The van der Waals surface area contributed by atoms with E-state index in [9.17, 15) is 4.79 Å². The van der Waals surface area contributed by atoms with Gasteiger partial charge in [0.1, 0.15) is 11.9 Å². The number of hydrogen-bond donors (Lipinski definition) is 1. The molecule has 0 aliphatic rings. The van der Waals surface area contributed by atoms with Crippen LogP contribution in [0.5, 0.6) is 0 Å². The molecule has 1 N–H and O–H groups in total. The predicted octanol–water partition coefficient (Wildman–Crippen LogP) is 0.824. The Kier molecular flexibility index (Phi) is 3.53. The molecule has 0 spiro atoms. The molecule has 5 nitrogen and oxygen atoms in total. The quantitative estimate of drug-likeness (QED) is 0.762. The third-order valence-electron chi connectivity index (χ3n) is 1.36. The maximum atomic E-state index is 10.5. The Bertz CT molecular complexity index is 237. The molecule has 0 atom stereocenters. The minimum Gasteiger partial charge on any atom is -0.348 e. The minimum atomic E-state index is -0.417. The number of halogens is 1. The van der Waals surface area contributed by atoms with Crippen LogP contribution in [0.25, 0.3) is 0 Å². The molecule has 0 amide bonds. The second kappa shape index (κ2) is 4.71. The molecule has 0 aromatic carbocycles. The molecule has 0 radical (unpaired) electrons. The van der Waals surface area contributed by atoms with Crippen LogP contribution >= 0.6 is 11.9 Å². The number of aromatic nitrogens is 3. The van der Waals surface area contributed by atoms with Crippen LogP contribution in [0.15, 0.2) is 6.20 Å². The number of rotatable bonds is 4. The van der Waals surface area contributed by atoms with Crippen molar-refractivity contribution in [3.63, 3.8) is 0 Å². The van der Waals surface area contributed by atoms with Crippen LogP contribution in [0.2, 0.25) is 0 Å². The molecule has 1 rings (SSSR count). The molecule has 1 aromatic rings. The van der Waals surface area contributed by atoms with Gasteiger partial charge in [0.2, 0.25) is 0 Å². The largest absolute Gasteiger partial charge is 0.348 e. The van der Waals surface area contributed by atoms with Crippen LogP contribution in [-0.4, -0.2) is 21.4 Å². The van der Waals surface area contributed by atoms with Crippen LogP contribution in [0.3, 0.4) is 0 Å². The van der Waals surface area contributed by atoms with E-state index >= 15 is 0 Å². The van der Waals surface area contributed by atoms with E-state index in [2.05, 4.69) is 19.7 Å². The maximum absolute atomic E-state index is 10.5. The summed E-state index contributed by atoms with van der Waals surface area (Å²) < 4.78 is 3.96. The van der Waals surface area contributed by atoms with Crippen LogP contribution in [0.1, 0.15) is 18.5 Å². The lowest BCUT2D eigenvalue weighted by molar-refractivity contribution is -0.134. The average Bonchev–Trinajstić information content (AvgIpc) is 2.57. The molecule has 0 unspecified atom stereocenters. The van der Waals surface area contributed by atoms with E-state index < -0.39 is 5.97 Å². The summed E-state index contributed by atoms with van der Waals surface area (Å²) in [5.74, 6) is -0.417. The van der Waals surface area contributed by atoms with Gasteiger partial charge < -0.3 is 4.29 Å². The van der Waals surface area contributed by atoms with E-state index in [4.69, 9.17) is 11.9 Å². The molecule has 0 saturated heterocycles. The molecule has 0 fully saturated rings. The van der Waals surface area contributed by atoms with Gasteiger partial charge in [-0.2, -0.15) is 15.4 Å². The van der Waals surface area contributed by atoms with Gasteiger partial charge in [-0.25, -0.2) is 0 Å². The highest BCUT2D eigenvalue weighted by Crippen LogP contribution is 2.01. The zero-order valence-electron chi connectivity index (χ0n) is 6.29. The Morgan fingerprint density at radius 1 is 1.75 bits per heavy atom. The van der Waals surface area contributed by atoms with Crippen molar-refractivity contribution < 1.29 is 9.08 Å². The highest BCUT2D eigenvalue weighted by molar-refractivity contribution is 6.13. The lowest BCUT2D eigenvalue weighted by atomic mass is 10.2. The van der Waals surface area contributed by atoms with Crippen molar-refractivity contribution in [3.05, 3.63) is 11.9 Å². The SMILES string of the molecule is O=C(CCCc1cn[nH]n1)OCl. The van der Waals surface area contributed by atoms with Crippen LogP contribution in [0.4, 0.5) is 0 Å². The zero-order chi connectivity index (χ0) is 8.81. The Labute approximate surface area is 74.2 Å². The maximum Gasteiger partial charge on any atom is 0.324 e. The summed E-state index contributed by atoms with van der Waals surface area (Å²) in [5, 5.41) is 9.92. The van der Waals surface area contributed by atoms with E-state index in [1.54, 1.807) is 6.20 Å². The molecule has 1 heterocycles. The molecule has 1 aromatic heterocycles. The number of H-pyrrole nitrogens is 1. The van der Waals surface area contributed by atoms with Gasteiger partial charge in [0.15, 0.2) is 0 Å². The minimum absolute atomic E-state index is 0.302. The van der Waals surface area contributed by atoms with E-state index in [0.29, 0.717) is 19.3 Å². The number of hydrogen-bond acceptors (Lipinski definition) is 4. The Hall–Kier alpha value is -1.10. The van der Waals surface area contributed by atoms with E-state index in [1.807, 2.05) is 0 Å². The molecular weight excluding hydrogens is 182 g/mol. The summed E-state index contributed by atoms with van der Waals surface area (Å²) >= 11 is 4.83. The predicted molar refractivity (Wildman–Crippen MR) is 41.3 cm³/mol. The first-order chi connectivity index (χ1) is 5.83. The third-order valence-corrected chi connectivity index (χ3v) is 1.54. The van der Waals surface area contributed by atoms with Gasteiger partial charge in [-0.05, 0) is 12.8 Å². The normalized spacial score (nSPS) is 9.75. The van der Waals surface area contributed by atoms with Gasteiger partial charge in [0.25, 0.3) is 0 Å². The number of aromatic amines is 1. The lowest BCUT2D eigenvalue weighted by Gasteiger charge is -1.93. The monoisotopic (exact) mass is 189 g/mol. The first kappa shape index (κ1) is 8.99. The first-order valence-corrected chi connectivity index (χ1v) is 3.80.